The molecule has 0 radical (unpaired) electrons. The number of benzene rings is 1. The van der Waals surface area contributed by atoms with Crippen LogP contribution in [0, 0.1) is 6.92 Å². The maximum absolute atomic E-state index is 10.9. The Bertz CT molecular complexity index is 1310. The number of aliphatic hydroxyl groups excluding tert-OH is 2. The Kier molecular flexibility index (Phi) is 6.30. The van der Waals surface area contributed by atoms with Gasteiger partial charge in [0.05, 0.1) is 22.9 Å². The number of fused-ring (bicyclic) bond motifs is 2. The van der Waals surface area contributed by atoms with E-state index in [4.69, 9.17) is 4.74 Å². The van der Waals surface area contributed by atoms with E-state index in [1.165, 1.54) is 11.9 Å². The number of hydrogen-bond donors (Lipinski definition) is 3. The first-order chi connectivity index (χ1) is 16.1. The zero-order chi connectivity index (χ0) is 22.5. The van der Waals surface area contributed by atoms with Gasteiger partial charge in [0.15, 0.2) is 0 Å². The molecular weight excluding hydrogens is 474 g/mol. The van der Waals surface area contributed by atoms with Gasteiger partial charge in [0.1, 0.15) is 36.0 Å². The first-order valence-electron chi connectivity index (χ1n) is 11.2. The summed E-state index contributed by atoms with van der Waals surface area (Å²) in [4.78, 5) is 13.1. The van der Waals surface area contributed by atoms with Crippen LogP contribution in [0.5, 0.6) is 5.75 Å². The molecule has 34 heavy (non-hydrogen) atoms. The second kappa shape index (κ2) is 9.24. The van der Waals surface area contributed by atoms with Crippen LogP contribution in [-0.2, 0) is 13.0 Å². The maximum Gasteiger partial charge on any atom is 0.143 e. The molecule has 6 rings (SSSR count). The van der Waals surface area contributed by atoms with Crippen molar-refractivity contribution in [3.8, 4) is 17.0 Å². The molecule has 1 aliphatic carbocycles. The van der Waals surface area contributed by atoms with Crippen molar-refractivity contribution >= 4 is 34.8 Å². The number of aryl methyl sites for hydroxylation is 1. The number of hydrogen-bond acceptors (Lipinski definition) is 8. The molecule has 1 fully saturated rings. The van der Waals surface area contributed by atoms with Crippen LogP contribution in [0.15, 0.2) is 41.6 Å². The van der Waals surface area contributed by atoms with E-state index in [-0.39, 0.29) is 18.4 Å². The topological polar surface area (TPSA) is 105 Å². The maximum atomic E-state index is 10.9. The zero-order valence-electron chi connectivity index (χ0n) is 18.6. The lowest BCUT2D eigenvalue weighted by atomic mass is 9.96. The van der Waals surface area contributed by atoms with Crippen molar-refractivity contribution in [2.75, 3.05) is 6.54 Å². The van der Waals surface area contributed by atoms with Crippen LogP contribution in [-0.4, -0.2) is 54.6 Å². The Morgan fingerprint density at radius 2 is 2.06 bits per heavy atom. The Morgan fingerprint density at radius 1 is 1.18 bits per heavy atom. The molecule has 10 heteroatoms. The van der Waals surface area contributed by atoms with Gasteiger partial charge in [-0.3, -0.25) is 0 Å². The fourth-order valence-electron chi connectivity index (χ4n) is 5.06. The van der Waals surface area contributed by atoms with E-state index >= 15 is 0 Å². The average molecular weight is 500 g/mol. The molecule has 1 aliphatic heterocycles. The van der Waals surface area contributed by atoms with Crippen LogP contribution < -0.4 is 10.1 Å². The summed E-state index contributed by atoms with van der Waals surface area (Å²) in [5.74, 6) is 0.745. The fourth-order valence-corrected chi connectivity index (χ4v) is 5.62. The second-order valence-corrected chi connectivity index (χ2v) is 9.49. The number of nitrogens with one attached hydrogen (secondary N) is 1. The van der Waals surface area contributed by atoms with Crippen molar-refractivity contribution in [3.63, 3.8) is 0 Å². The van der Waals surface area contributed by atoms with E-state index in [0.717, 1.165) is 58.8 Å². The van der Waals surface area contributed by atoms with Crippen LogP contribution in [0.25, 0.3) is 22.3 Å². The molecule has 2 aliphatic rings. The van der Waals surface area contributed by atoms with Crippen LogP contribution in [0.4, 0.5) is 0 Å². The Labute approximate surface area is 207 Å². The minimum Gasteiger partial charge on any atom is -0.487 e. The van der Waals surface area contributed by atoms with Gasteiger partial charge in [-0.15, -0.1) is 23.7 Å². The molecule has 178 valence electrons. The monoisotopic (exact) mass is 499 g/mol. The summed E-state index contributed by atoms with van der Waals surface area (Å²) in [6.07, 6.45) is 2.31. The molecule has 0 unspecified atom stereocenters. The molecule has 0 spiro atoms. The lowest BCUT2D eigenvalue weighted by Crippen LogP contribution is -2.34. The van der Waals surface area contributed by atoms with Gasteiger partial charge in [-0.25, -0.2) is 15.0 Å². The summed E-state index contributed by atoms with van der Waals surface area (Å²) in [6, 6.07) is 5.81. The fraction of sp³-hybridized carbons (Fsp3) is 0.375. The molecule has 0 saturated heterocycles. The third-order valence-corrected chi connectivity index (χ3v) is 7.43. The van der Waals surface area contributed by atoms with Gasteiger partial charge < -0.3 is 24.8 Å². The van der Waals surface area contributed by atoms with Crippen molar-refractivity contribution in [1.29, 1.82) is 0 Å². The highest BCUT2D eigenvalue weighted by Crippen LogP contribution is 2.39. The van der Waals surface area contributed by atoms with Crippen molar-refractivity contribution < 1.29 is 14.9 Å². The van der Waals surface area contributed by atoms with Crippen LogP contribution in [0.3, 0.4) is 0 Å². The van der Waals surface area contributed by atoms with Gasteiger partial charge in [0.2, 0.25) is 0 Å². The quantitative estimate of drug-likeness (QED) is 0.396. The number of rotatable bonds is 4. The van der Waals surface area contributed by atoms with E-state index < -0.39 is 18.3 Å². The number of ether oxygens (including phenoxy) is 1. The lowest BCUT2D eigenvalue weighted by Gasteiger charge is -2.25. The van der Waals surface area contributed by atoms with Gasteiger partial charge >= 0.3 is 0 Å². The van der Waals surface area contributed by atoms with Gasteiger partial charge in [-0.05, 0) is 43.7 Å². The van der Waals surface area contributed by atoms with Crippen molar-refractivity contribution in [2.24, 2.45) is 0 Å². The smallest absolute Gasteiger partial charge is 0.143 e. The molecule has 1 aromatic carbocycles. The summed E-state index contributed by atoms with van der Waals surface area (Å²) in [5.41, 5.74) is 7.75. The molecule has 1 saturated carbocycles. The van der Waals surface area contributed by atoms with E-state index in [1.807, 2.05) is 40.7 Å². The third-order valence-electron chi connectivity index (χ3n) is 6.85. The van der Waals surface area contributed by atoms with Gasteiger partial charge in [0, 0.05) is 41.1 Å². The van der Waals surface area contributed by atoms with Crippen LogP contribution in [0.2, 0.25) is 0 Å². The first kappa shape index (κ1) is 23.2. The van der Waals surface area contributed by atoms with Crippen molar-refractivity contribution in [2.45, 2.75) is 50.7 Å². The number of aromatic nitrogens is 4. The number of thiazole rings is 1. The Balaban J connectivity index is 0.00000241. The highest BCUT2D eigenvalue weighted by atomic mass is 35.5. The Morgan fingerprint density at radius 3 is 2.88 bits per heavy atom. The Hall–Kier alpha value is -2.56. The summed E-state index contributed by atoms with van der Waals surface area (Å²) in [7, 11) is 0. The van der Waals surface area contributed by atoms with Gasteiger partial charge in [-0.1, -0.05) is 0 Å². The molecule has 4 aromatic rings. The summed E-state index contributed by atoms with van der Waals surface area (Å²) < 4.78 is 8.37. The van der Waals surface area contributed by atoms with E-state index in [2.05, 4.69) is 26.3 Å². The largest absolute Gasteiger partial charge is 0.487 e. The number of aliphatic hydroxyl groups is 2. The number of nitrogens with zero attached hydrogens (tertiary/aromatic N) is 4. The van der Waals surface area contributed by atoms with Crippen molar-refractivity contribution in [3.05, 3.63) is 58.4 Å². The molecule has 0 amide bonds. The van der Waals surface area contributed by atoms with E-state index in [1.54, 1.807) is 11.3 Å². The molecule has 3 aromatic heterocycles. The predicted octanol–water partition coefficient (Wildman–Crippen LogP) is 3.04. The molecule has 3 N–H and O–H groups in total. The first-order valence-corrected chi connectivity index (χ1v) is 12.1. The second-order valence-electron chi connectivity index (χ2n) is 8.77. The molecule has 4 atom stereocenters. The van der Waals surface area contributed by atoms with Crippen LogP contribution >= 0.6 is 23.7 Å². The summed E-state index contributed by atoms with van der Waals surface area (Å²) >= 11 is 1.56. The van der Waals surface area contributed by atoms with E-state index in [0.29, 0.717) is 6.42 Å². The predicted molar refractivity (Wildman–Crippen MR) is 133 cm³/mol. The lowest BCUT2D eigenvalue weighted by molar-refractivity contribution is -0.0166. The van der Waals surface area contributed by atoms with E-state index in [9.17, 15) is 10.2 Å². The van der Waals surface area contributed by atoms with Gasteiger partial charge in [-0.2, -0.15) is 0 Å². The SMILES string of the molecule is Cc1ncnc2c1ccn2[C@@H]1C[C@H](Oc2cc(-c3cscn3)cc3c2CNCC3)[C@@H](O)[C@H]1O.Cl. The molecule has 8 nitrogen and oxygen atoms in total. The molecule has 0 bridgehead atoms. The zero-order valence-corrected chi connectivity index (χ0v) is 20.2. The standard InChI is InChI=1S/C24H25N5O3S.ClH/c1-13-16-3-5-29(24(16)27-11-26-13)19-8-21(23(31)22(19)30)32-20-7-15(18-10-33-12-28-18)6-14-2-4-25-9-17(14)20;/h3,5-7,10-12,19,21-23,25,30-31H,2,4,8-9H2,1H3;1H/t19-,21+,22+,23-;/m1./s1. The van der Waals surface area contributed by atoms with Crippen molar-refractivity contribution in [1.82, 2.24) is 24.8 Å². The highest BCUT2D eigenvalue weighted by Gasteiger charge is 2.44. The summed E-state index contributed by atoms with van der Waals surface area (Å²) in [6.45, 7) is 3.57. The normalized spacial score (nSPS) is 24.1. The summed E-state index contributed by atoms with van der Waals surface area (Å²) in [5, 5.41) is 28.2. The molecular formula is C24H26ClN5O3S. The van der Waals surface area contributed by atoms with Gasteiger partial charge in [0.25, 0.3) is 0 Å². The molecule has 4 heterocycles. The average Bonchev–Trinajstić information content (AvgIpc) is 3.56. The minimum absolute atomic E-state index is 0. The third kappa shape index (κ3) is 3.87. The number of halogens is 1. The van der Waals surface area contributed by atoms with Crippen LogP contribution in [0.1, 0.15) is 29.3 Å². The minimum atomic E-state index is -1.01. The highest BCUT2D eigenvalue weighted by molar-refractivity contribution is 7.07.